The van der Waals surface area contributed by atoms with Gasteiger partial charge in [-0.2, -0.15) is 17.8 Å². The molecule has 0 atom stereocenters. The summed E-state index contributed by atoms with van der Waals surface area (Å²) in [6, 6.07) is 4.75. The second-order valence-corrected chi connectivity index (χ2v) is 49.2. The smallest absolute Gasteiger partial charge is 1.00 e. The number of hydrogen-bond donors (Lipinski definition) is 0. The molecule has 6 heteroatoms. The Bertz CT molecular complexity index is 726. The minimum Gasteiger partial charge on any atom is 1.00 e. The van der Waals surface area contributed by atoms with Crippen molar-refractivity contribution in [3.05, 3.63) is 46.3 Å². The second kappa shape index (κ2) is 35.7. The van der Waals surface area contributed by atoms with Crippen molar-refractivity contribution in [1.82, 2.24) is 0 Å². The number of aryl methyl sites for hydroxylation is 2. The topological polar surface area (TPSA) is 0 Å². The van der Waals surface area contributed by atoms with Gasteiger partial charge in [0, 0.05) is 0 Å². The fraction of sp³-hybridized carbons (Fsp3) is 0.750. The molecule has 0 amide bonds. The predicted octanol–water partition coefficient (Wildman–Crippen LogP) is 11.8. The Labute approximate surface area is 300 Å². The van der Waals surface area contributed by atoms with E-state index in [4.69, 9.17) is 8.92 Å². The third-order valence-electron chi connectivity index (χ3n) is 5.96. The summed E-state index contributed by atoms with van der Waals surface area (Å²) in [6.45, 7) is 10.3. The van der Waals surface area contributed by atoms with Crippen LogP contribution in [-0.2, 0) is 12.8 Å². The van der Waals surface area contributed by atoms with E-state index in [-0.39, 0.29) is 33.7 Å². The summed E-state index contributed by atoms with van der Waals surface area (Å²) in [6.07, 6.45) is 21.7. The number of rotatable bonds is 16. The zero-order chi connectivity index (χ0) is 30.0. The first-order chi connectivity index (χ1) is 18.4. The van der Waals surface area contributed by atoms with Crippen LogP contribution in [-0.4, -0.2) is 35.6 Å². The van der Waals surface area contributed by atoms with Crippen LogP contribution in [0.2, 0.25) is 29.6 Å². The minimum atomic E-state index is -1.77. The van der Waals surface area contributed by atoms with Gasteiger partial charge in [0.05, 0.1) is 0 Å². The van der Waals surface area contributed by atoms with Crippen LogP contribution in [0.1, 0.15) is 137 Å². The van der Waals surface area contributed by atoms with Gasteiger partial charge in [-0.05, 0) is 35.2 Å². The van der Waals surface area contributed by atoms with E-state index >= 15 is 0 Å². The molecule has 0 saturated carbocycles. The third kappa shape index (κ3) is 41.9. The van der Waals surface area contributed by atoms with E-state index in [1.807, 2.05) is 22.7 Å². The molecule has 246 valence electrons. The molecule has 0 aliphatic carbocycles. The average Bonchev–Trinajstić information content (AvgIpc) is 3.55. The van der Waals surface area contributed by atoms with Crippen LogP contribution >= 0.6 is 31.6 Å². The van der Waals surface area contributed by atoms with Crippen molar-refractivity contribution in [3.63, 3.8) is 0 Å². The number of hydrogen-bond acceptors (Lipinski definition) is 2. The molecule has 0 unspecified atom stereocenters. The van der Waals surface area contributed by atoms with Crippen LogP contribution in [0.4, 0.5) is 0 Å². The first-order valence-electron chi connectivity index (χ1n) is 16.0. The molecular weight excluding hydrogens is 776 g/mol. The Kier molecular flexibility index (Phi) is 45.4. The summed E-state index contributed by atoms with van der Waals surface area (Å²) in [7, 11) is 5.74. The normalized spacial score (nSPS) is 10.3. The number of halogens is 1. The van der Waals surface area contributed by atoms with Gasteiger partial charge in [-0.3, -0.25) is 0 Å². The van der Waals surface area contributed by atoms with Crippen molar-refractivity contribution >= 4 is 70.1 Å². The van der Waals surface area contributed by atoms with Gasteiger partial charge in [-0.25, -0.2) is 0 Å². The summed E-state index contributed by atoms with van der Waals surface area (Å²) >= 11 is 0.359. The van der Waals surface area contributed by atoms with E-state index in [1.165, 1.54) is 102 Å². The van der Waals surface area contributed by atoms with E-state index in [0.717, 1.165) is 6.42 Å². The van der Waals surface area contributed by atoms with Crippen molar-refractivity contribution in [2.75, 3.05) is 0 Å². The molecule has 2 aromatic heterocycles. The zero-order valence-corrected chi connectivity index (χ0v) is 36.7. The molecule has 0 fully saturated rings. The molecule has 42 heavy (non-hydrogen) atoms. The molecule has 0 aliphatic rings. The Hall–Kier alpha value is 1.88. The second-order valence-electron chi connectivity index (χ2n) is 12.7. The molecule has 0 N–H and O–H groups in total. The molecule has 0 aliphatic heterocycles. The van der Waals surface area contributed by atoms with Gasteiger partial charge in [0.1, 0.15) is 0 Å². The van der Waals surface area contributed by atoms with Crippen molar-refractivity contribution < 1.29 is 18.9 Å². The average molecular weight is 851 g/mol. The van der Waals surface area contributed by atoms with E-state index in [2.05, 4.69) is 85.6 Å². The maximum absolute atomic E-state index is 5.74. The van der Waals surface area contributed by atoms with Crippen LogP contribution in [0.15, 0.2) is 28.3 Å². The van der Waals surface area contributed by atoms with Gasteiger partial charge in [0.25, 0.3) is 0 Å². The molecule has 0 saturated heterocycles. The van der Waals surface area contributed by atoms with Gasteiger partial charge in [0.15, 0.2) is 0 Å². The monoisotopic (exact) mass is 852 g/mol. The summed E-state index contributed by atoms with van der Waals surface area (Å²) in [5.41, 5.74) is 3.13. The number of thiophene rings is 2. The van der Waals surface area contributed by atoms with Crippen LogP contribution in [0, 0.1) is 6.92 Å². The third-order valence-corrected chi connectivity index (χ3v) is 17.2. The van der Waals surface area contributed by atoms with Crippen molar-refractivity contribution in [3.8, 4) is 0 Å². The van der Waals surface area contributed by atoms with Gasteiger partial charge >= 0.3 is 176 Å². The zero-order valence-electron chi connectivity index (χ0n) is 28.6. The van der Waals surface area contributed by atoms with Crippen molar-refractivity contribution in [2.24, 2.45) is 0 Å². The first kappa shape index (κ1) is 53.4. The van der Waals surface area contributed by atoms with Crippen LogP contribution in [0.3, 0.4) is 0 Å². The minimum absolute atomic E-state index is 0. The first-order valence-corrected chi connectivity index (χ1v) is 39.9. The summed E-state index contributed by atoms with van der Waals surface area (Å²) in [5.74, 6) is 0. The van der Waals surface area contributed by atoms with Crippen LogP contribution < -0.4 is 21.8 Å². The molecule has 2 aromatic rings. The van der Waals surface area contributed by atoms with E-state index < -0.39 is 35.6 Å². The fourth-order valence-corrected chi connectivity index (χ4v) is 10.6. The van der Waals surface area contributed by atoms with Crippen molar-refractivity contribution in [1.29, 1.82) is 0 Å². The standard InChI is InChI=1S/C12H20S.C12H19S.C4H9.2CH4.6CH3.ClH.Li.2Sn/c2*1-2-3-4-5-6-7-8-12-9-10-13-11-12;1-3-4-2;;;;;;;;;;;;/h9-11H,2-8H2,1H3;9,11H,2-8H2,1H3;1,3-4H2,2H3;2*1H4;6*1H3;1H;;;/q;;-1;;;;;;;;;;+1;;+1/p-1. The molecule has 0 radical (unpaired) electrons. The molecule has 0 aromatic carbocycles. The van der Waals surface area contributed by atoms with Gasteiger partial charge in [-0.1, -0.05) is 67.2 Å². The van der Waals surface area contributed by atoms with Crippen LogP contribution in [0.5, 0.6) is 0 Å². The van der Waals surface area contributed by atoms with E-state index in [1.54, 1.807) is 8.46 Å². The summed E-state index contributed by atoms with van der Waals surface area (Å²) in [4.78, 5) is 14.0. The Morgan fingerprint density at radius 3 is 1.40 bits per heavy atom. The van der Waals surface area contributed by atoms with E-state index in [9.17, 15) is 0 Å². The maximum Gasteiger partial charge on any atom is 1.00 e. The molecule has 2 heterocycles. The SMILES string of the molecule is C.C.CCCCCCCCc1ccsc1.CCCCCCCCc1cs[c]([Sn]([CH3])([CH3])[CH3])c1.[CH2-]CCC.[CH3][Sn]([CH3])([CH3])[Cl].[Li+]. The Morgan fingerprint density at radius 2 is 1.07 bits per heavy atom. The number of unbranched alkanes of at least 4 members (excludes halogenated alkanes) is 11. The molecule has 0 bridgehead atoms. The summed E-state index contributed by atoms with van der Waals surface area (Å²) < 4.78 is 1.74. The van der Waals surface area contributed by atoms with E-state index in [0.29, 0.717) is 0 Å². The molecule has 0 nitrogen and oxygen atoms in total. The van der Waals surface area contributed by atoms with Gasteiger partial charge < -0.3 is 6.92 Å². The Morgan fingerprint density at radius 1 is 0.667 bits per heavy atom. The predicted molar refractivity (Wildman–Crippen MR) is 209 cm³/mol. The van der Waals surface area contributed by atoms with Crippen LogP contribution in [0.25, 0.3) is 0 Å². The molecule has 0 spiro atoms. The molecule has 2 rings (SSSR count). The molecular formula is C36H74ClLiS2Sn2. The van der Waals surface area contributed by atoms with Crippen molar-refractivity contribution in [2.45, 2.75) is 168 Å². The Balaban J connectivity index is -0.000000162. The largest absolute Gasteiger partial charge is 1.00 e. The summed E-state index contributed by atoms with van der Waals surface area (Å²) in [5, 5.41) is 6.85. The quantitative estimate of drug-likeness (QED) is 0.0897. The fourth-order valence-electron chi connectivity index (χ4n) is 3.55. The van der Waals surface area contributed by atoms with Gasteiger partial charge in [-0.15, -0.1) is 0 Å². The van der Waals surface area contributed by atoms with Gasteiger partial charge in [0.2, 0.25) is 0 Å². The maximum atomic E-state index is 5.74.